The van der Waals surface area contributed by atoms with Crippen LogP contribution in [0.4, 0.5) is 0 Å². The molecule has 0 spiro atoms. The summed E-state index contributed by atoms with van der Waals surface area (Å²) in [6.45, 7) is 4.32. The summed E-state index contributed by atoms with van der Waals surface area (Å²) < 4.78 is 0. The number of rotatable bonds is 6. The molecular formula is C15H19NOS2. The normalized spacial score (nSPS) is 12.8. The monoisotopic (exact) mass is 293 g/mol. The van der Waals surface area contributed by atoms with Gasteiger partial charge in [-0.15, -0.1) is 11.3 Å². The second kappa shape index (κ2) is 7.08. The van der Waals surface area contributed by atoms with E-state index in [1.165, 1.54) is 5.01 Å². The van der Waals surface area contributed by atoms with Crippen molar-refractivity contribution in [1.82, 2.24) is 4.98 Å². The number of aromatic nitrogens is 1. The Labute approximate surface area is 122 Å². The Hall–Kier alpha value is -0.840. The lowest BCUT2D eigenvalue weighted by molar-refractivity contribution is 0.204. The van der Waals surface area contributed by atoms with E-state index in [4.69, 9.17) is 0 Å². The maximum atomic E-state index is 10.1. The Balaban J connectivity index is 1.80. The topological polar surface area (TPSA) is 33.1 Å². The fourth-order valence-electron chi connectivity index (χ4n) is 1.70. The predicted octanol–water partition coefficient (Wildman–Crippen LogP) is 4.23. The number of thiazole rings is 1. The molecule has 102 valence electrons. The van der Waals surface area contributed by atoms with E-state index < -0.39 is 6.10 Å². The highest BCUT2D eigenvalue weighted by Crippen LogP contribution is 2.24. The van der Waals surface area contributed by atoms with Gasteiger partial charge in [-0.25, -0.2) is 4.98 Å². The molecule has 2 aromatic rings. The SMILES string of the molecule is CC(C)c1nc(CSCC(O)c2ccccc2)cs1. The molecule has 1 atom stereocenters. The largest absolute Gasteiger partial charge is 0.388 e. The van der Waals surface area contributed by atoms with Crippen LogP contribution in [0.1, 0.15) is 42.1 Å². The molecule has 0 bridgehead atoms. The van der Waals surface area contributed by atoms with Gasteiger partial charge in [0, 0.05) is 22.8 Å². The van der Waals surface area contributed by atoms with Gasteiger partial charge in [0.25, 0.3) is 0 Å². The zero-order valence-electron chi connectivity index (χ0n) is 11.2. The van der Waals surface area contributed by atoms with Crippen LogP contribution in [0.2, 0.25) is 0 Å². The lowest BCUT2D eigenvalue weighted by atomic mass is 10.1. The van der Waals surface area contributed by atoms with Crippen LogP contribution in [-0.2, 0) is 5.75 Å². The summed E-state index contributed by atoms with van der Waals surface area (Å²) in [5.41, 5.74) is 2.11. The molecule has 0 saturated heterocycles. The Kier molecular flexibility index (Phi) is 5.43. The molecular weight excluding hydrogens is 274 g/mol. The summed E-state index contributed by atoms with van der Waals surface area (Å²) >= 11 is 3.45. The minimum absolute atomic E-state index is 0.394. The highest BCUT2D eigenvalue weighted by Gasteiger charge is 2.09. The van der Waals surface area contributed by atoms with E-state index >= 15 is 0 Å². The summed E-state index contributed by atoms with van der Waals surface area (Å²) in [5.74, 6) is 2.07. The molecule has 0 aliphatic heterocycles. The smallest absolute Gasteiger partial charge is 0.0954 e. The lowest BCUT2D eigenvalue weighted by Gasteiger charge is -2.09. The Morgan fingerprint density at radius 1 is 1.26 bits per heavy atom. The second-order valence-corrected chi connectivity index (χ2v) is 6.69. The van der Waals surface area contributed by atoms with Crippen LogP contribution in [0.5, 0.6) is 0 Å². The van der Waals surface area contributed by atoms with Crippen molar-refractivity contribution < 1.29 is 5.11 Å². The molecule has 1 heterocycles. The molecule has 0 radical (unpaired) electrons. The summed E-state index contributed by atoms with van der Waals surface area (Å²) in [7, 11) is 0. The molecule has 2 rings (SSSR count). The summed E-state index contributed by atoms with van der Waals surface area (Å²) in [4.78, 5) is 4.60. The number of benzene rings is 1. The molecule has 1 aromatic carbocycles. The summed E-state index contributed by atoms with van der Waals surface area (Å²) in [6, 6.07) is 9.80. The summed E-state index contributed by atoms with van der Waals surface area (Å²) in [6.07, 6.45) is -0.394. The van der Waals surface area contributed by atoms with Crippen LogP contribution in [0, 0.1) is 0 Å². The third-order valence-electron chi connectivity index (χ3n) is 2.77. The molecule has 2 nitrogen and oxygen atoms in total. The molecule has 0 aliphatic rings. The average molecular weight is 293 g/mol. The first-order chi connectivity index (χ1) is 9.16. The van der Waals surface area contributed by atoms with Gasteiger partial charge in [-0.05, 0) is 5.56 Å². The fraction of sp³-hybridized carbons (Fsp3) is 0.400. The van der Waals surface area contributed by atoms with Crippen molar-refractivity contribution in [1.29, 1.82) is 0 Å². The molecule has 1 N–H and O–H groups in total. The zero-order valence-corrected chi connectivity index (χ0v) is 12.9. The molecule has 1 aromatic heterocycles. The van der Waals surface area contributed by atoms with E-state index in [0.29, 0.717) is 11.7 Å². The van der Waals surface area contributed by atoms with Gasteiger partial charge in [-0.2, -0.15) is 11.8 Å². The van der Waals surface area contributed by atoms with Gasteiger partial charge in [0.15, 0.2) is 0 Å². The van der Waals surface area contributed by atoms with Crippen molar-refractivity contribution in [3.8, 4) is 0 Å². The second-order valence-electron chi connectivity index (χ2n) is 4.77. The standard InChI is InChI=1S/C15H19NOS2/c1-11(2)15-16-13(9-19-15)8-18-10-14(17)12-6-4-3-5-7-12/h3-7,9,11,14,17H,8,10H2,1-2H3. The van der Waals surface area contributed by atoms with Crippen LogP contribution < -0.4 is 0 Å². The zero-order chi connectivity index (χ0) is 13.7. The number of hydrogen-bond donors (Lipinski definition) is 1. The maximum absolute atomic E-state index is 10.1. The lowest BCUT2D eigenvalue weighted by Crippen LogP contribution is -2.00. The van der Waals surface area contributed by atoms with E-state index in [1.54, 1.807) is 23.1 Å². The third kappa shape index (κ3) is 4.34. The first-order valence-corrected chi connectivity index (χ1v) is 8.45. The van der Waals surface area contributed by atoms with Crippen molar-refractivity contribution in [3.05, 3.63) is 52.0 Å². The Morgan fingerprint density at radius 2 is 2.00 bits per heavy atom. The van der Waals surface area contributed by atoms with Gasteiger partial charge < -0.3 is 5.11 Å². The first kappa shape index (κ1) is 14.6. The first-order valence-electron chi connectivity index (χ1n) is 6.42. The van der Waals surface area contributed by atoms with Crippen molar-refractivity contribution in [3.63, 3.8) is 0 Å². The van der Waals surface area contributed by atoms with E-state index in [-0.39, 0.29) is 0 Å². The fourth-order valence-corrected chi connectivity index (χ4v) is 3.53. The van der Waals surface area contributed by atoms with Crippen LogP contribution in [0.15, 0.2) is 35.7 Å². The van der Waals surface area contributed by atoms with Gasteiger partial charge >= 0.3 is 0 Å². The molecule has 0 saturated carbocycles. The van der Waals surface area contributed by atoms with Crippen LogP contribution >= 0.6 is 23.1 Å². The molecule has 0 aliphatic carbocycles. The molecule has 0 amide bonds. The molecule has 1 unspecified atom stereocenters. The van der Waals surface area contributed by atoms with E-state index in [2.05, 4.69) is 24.2 Å². The van der Waals surface area contributed by atoms with Crippen molar-refractivity contribution in [2.75, 3.05) is 5.75 Å². The summed E-state index contributed by atoms with van der Waals surface area (Å²) in [5, 5.41) is 13.4. The van der Waals surface area contributed by atoms with Gasteiger partial charge in [0.1, 0.15) is 0 Å². The molecule has 0 fully saturated rings. The number of aliphatic hydroxyl groups is 1. The highest BCUT2D eigenvalue weighted by atomic mass is 32.2. The number of thioether (sulfide) groups is 1. The predicted molar refractivity (Wildman–Crippen MR) is 83.8 cm³/mol. The number of hydrogen-bond acceptors (Lipinski definition) is 4. The van der Waals surface area contributed by atoms with Crippen LogP contribution in [-0.4, -0.2) is 15.8 Å². The quantitative estimate of drug-likeness (QED) is 0.865. The molecule has 19 heavy (non-hydrogen) atoms. The van der Waals surface area contributed by atoms with Gasteiger partial charge in [0.05, 0.1) is 16.8 Å². The third-order valence-corrected chi connectivity index (χ3v) is 5.02. The molecule has 4 heteroatoms. The highest BCUT2D eigenvalue weighted by molar-refractivity contribution is 7.98. The Morgan fingerprint density at radius 3 is 2.63 bits per heavy atom. The van der Waals surface area contributed by atoms with Crippen molar-refractivity contribution >= 4 is 23.1 Å². The van der Waals surface area contributed by atoms with Crippen molar-refractivity contribution in [2.45, 2.75) is 31.6 Å². The maximum Gasteiger partial charge on any atom is 0.0954 e. The van der Waals surface area contributed by atoms with Gasteiger partial charge in [-0.3, -0.25) is 0 Å². The van der Waals surface area contributed by atoms with Crippen LogP contribution in [0.25, 0.3) is 0 Å². The van der Waals surface area contributed by atoms with E-state index in [1.807, 2.05) is 30.3 Å². The minimum atomic E-state index is -0.394. The van der Waals surface area contributed by atoms with E-state index in [0.717, 1.165) is 17.0 Å². The average Bonchev–Trinajstić information content (AvgIpc) is 2.89. The number of nitrogens with zero attached hydrogens (tertiary/aromatic N) is 1. The van der Waals surface area contributed by atoms with Crippen molar-refractivity contribution in [2.24, 2.45) is 0 Å². The Bertz CT molecular complexity index is 496. The van der Waals surface area contributed by atoms with Gasteiger partial charge in [0.2, 0.25) is 0 Å². The minimum Gasteiger partial charge on any atom is -0.388 e. The van der Waals surface area contributed by atoms with E-state index in [9.17, 15) is 5.11 Å². The van der Waals surface area contributed by atoms with Crippen LogP contribution in [0.3, 0.4) is 0 Å². The van der Waals surface area contributed by atoms with Gasteiger partial charge in [-0.1, -0.05) is 44.2 Å². The number of aliphatic hydroxyl groups excluding tert-OH is 1.